The average Bonchev–Trinajstić information content (AvgIpc) is 3.71. The van der Waals surface area contributed by atoms with Gasteiger partial charge in [0.2, 0.25) is 5.91 Å². The van der Waals surface area contributed by atoms with E-state index >= 15 is 0 Å². The molecular formula is C30H30Cl2FN7O2. The number of fused-ring (bicyclic) bond motifs is 2. The summed E-state index contributed by atoms with van der Waals surface area (Å²) in [5, 5.41) is 1.11. The van der Waals surface area contributed by atoms with Crippen LogP contribution < -0.4 is 10.6 Å². The van der Waals surface area contributed by atoms with Crippen LogP contribution in [0.25, 0.3) is 33.2 Å². The lowest BCUT2D eigenvalue weighted by Gasteiger charge is -2.32. The lowest BCUT2D eigenvalue weighted by molar-refractivity contribution is -0.133. The van der Waals surface area contributed by atoms with E-state index < -0.39 is 5.82 Å². The smallest absolute Gasteiger partial charge is 0.326 e. The van der Waals surface area contributed by atoms with Crippen molar-refractivity contribution >= 4 is 57.8 Å². The Morgan fingerprint density at radius 3 is 2.55 bits per heavy atom. The quantitative estimate of drug-likeness (QED) is 0.287. The Morgan fingerprint density at radius 2 is 1.79 bits per heavy atom. The number of amides is 1. The van der Waals surface area contributed by atoms with Crippen molar-refractivity contribution in [1.29, 1.82) is 0 Å². The number of hydrogen-bond donors (Lipinski definition) is 1. The Hall–Kier alpha value is -3.89. The molecule has 0 spiro atoms. The van der Waals surface area contributed by atoms with Crippen LogP contribution in [0.4, 0.5) is 10.2 Å². The zero-order chi connectivity index (χ0) is 28.1. The molecule has 1 amide bonds. The molecule has 5 heterocycles. The molecule has 0 aliphatic carbocycles. The van der Waals surface area contributed by atoms with Crippen molar-refractivity contribution < 1.29 is 9.18 Å². The first-order valence-corrected chi connectivity index (χ1v) is 14.4. The fourth-order valence-electron chi connectivity index (χ4n) is 6.36. The number of benzene rings is 2. The second-order valence-corrected chi connectivity index (χ2v) is 11.2. The highest BCUT2D eigenvalue weighted by atomic mass is 35.5. The number of imidazole rings is 1. The third-order valence-corrected chi connectivity index (χ3v) is 8.69. The van der Waals surface area contributed by atoms with Gasteiger partial charge in [-0.1, -0.05) is 23.7 Å². The summed E-state index contributed by atoms with van der Waals surface area (Å²) < 4.78 is 17.6. The third kappa shape index (κ3) is 4.92. The van der Waals surface area contributed by atoms with Gasteiger partial charge >= 0.3 is 5.69 Å². The van der Waals surface area contributed by atoms with Crippen LogP contribution in [-0.2, 0) is 11.3 Å². The molecule has 42 heavy (non-hydrogen) atoms. The van der Waals surface area contributed by atoms with Gasteiger partial charge in [0, 0.05) is 49.5 Å². The van der Waals surface area contributed by atoms with E-state index in [4.69, 9.17) is 11.6 Å². The summed E-state index contributed by atoms with van der Waals surface area (Å²) in [5.41, 5.74) is 3.69. The molecule has 5 aromatic rings. The number of anilines is 1. The lowest BCUT2D eigenvalue weighted by atomic mass is 10.0. The highest BCUT2D eigenvalue weighted by molar-refractivity contribution is 6.33. The molecule has 2 fully saturated rings. The van der Waals surface area contributed by atoms with Crippen LogP contribution in [0, 0.1) is 5.82 Å². The number of rotatable bonds is 5. The molecule has 3 aromatic heterocycles. The van der Waals surface area contributed by atoms with Gasteiger partial charge in [-0.2, -0.15) is 0 Å². The molecule has 2 aliphatic rings. The number of nitrogens with one attached hydrogen (secondary N) is 1. The molecule has 0 bridgehead atoms. The minimum Gasteiger partial charge on any atom is -0.356 e. The number of aromatic nitrogens is 5. The van der Waals surface area contributed by atoms with Crippen molar-refractivity contribution in [2.75, 3.05) is 31.1 Å². The maximum Gasteiger partial charge on any atom is 0.326 e. The number of hydrogen-bond acceptors (Lipinski definition) is 5. The molecule has 0 atom stereocenters. The van der Waals surface area contributed by atoms with Crippen molar-refractivity contribution in [3.05, 3.63) is 76.3 Å². The first-order valence-electron chi connectivity index (χ1n) is 14.0. The molecule has 0 unspecified atom stereocenters. The van der Waals surface area contributed by atoms with Gasteiger partial charge in [-0.25, -0.2) is 19.2 Å². The number of carbonyl (C=O) groups is 1. The van der Waals surface area contributed by atoms with Crippen LogP contribution in [0.15, 0.2) is 59.8 Å². The molecule has 0 radical (unpaired) electrons. The van der Waals surface area contributed by atoms with Crippen molar-refractivity contribution in [1.82, 2.24) is 29.0 Å². The summed E-state index contributed by atoms with van der Waals surface area (Å²) >= 11 is 6.51. The number of aromatic amines is 1. The topological polar surface area (TPSA) is 92.1 Å². The zero-order valence-electron chi connectivity index (χ0n) is 22.8. The van der Waals surface area contributed by atoms with E-state index in [1.807, 2.05) is 44.5 Å². The summed E-state index contributed by atoms with van der Waals surface area (Å²) in [6.07, 6.45) is 6.97. The van der Waals surface area contributed by atoms with E-state index in [-0.39, 0.29) is 36.6 Å². The van der Waals surface area contributed by atoms with E-state index in [0.29, 0.717) is 42.2 Å². The van der Waals surface area contributed by atoms with E-state index in [9.17, 15) is 14.0 Å². The van der Waals surface area contributed by atoms with Crippen molar-refractivity contribution in [2.24, 2.45) is 0 Å². The Kier molecular flexibility index (Phi) is 7.67. The normalized spacial score (nSPS) is 16.0. The van der Waals surface area contributed by atoms with Gasteiger partial charge in [0.25, 0.3) is 0 Å². The van der Waals surface area contributed by atoms with Crippen LogP contribution in [0.3, 0.4) is 0 Å². The molecule has 2 aromatic carbocycles. The minimum atomic E-state index is -0.410. The number of carbonyl (C=O) groups excluding carboxylic acids is 1. The van der Waals surface area contributed by atoms with Crippen LogP contribution in [0.2, 0.25) is 5.02 Å². The highest BCUT2D eigenvalue weighted by Crippen LogP contribution is 2.39. The number of likely N-dealkylation sites (tertiary alicyclic amines) is 1. The first kappa shape index (κ1) is 28.2. The molecule has 7 rings (SSSR count). The SMILES string of the molecule is Cl.O=C(Cn1cc(-c2ccc(F)cc2Cl)c2c(N3CCCC3)ncnc21)N1CCC(n2c(=O)[nH]c3ccccc32)CC1. The summed E-state index contributed by atoms with van der Waals surface area (Å²) in [7, 11) is 0. The van der Waals surface area contributed by atoms with Crippen LogP contribution in [-0.4, -0.2) is 61.1 Å². The van der Waals surface area contributed by atoms with E-state index in [1.165, 1.54) is 18.5 Å². The largest absolute Gasteiger partial charge is 0.356 e. The van der Waals surface area contributed by atoms with Crippen molar-refractivity contribution in [3.8, 4) is 11.1 Å². The fourth-order valence-corrected chi connectivity index (χ4v) is 6.63. The average molecular weight is 611 g/mol. The van der Waals surface area contributed by atoms with Crippen LogP contribution in [0.1, 0.15) is 31.7 Å². The van der Waals surface area contributed by atoms with Gasteiger partial charge in [-0.05, 0) is 56.0 Å². The highest BCUT2D eigenvalue weighted by Gasteiger charge is 2.28. The van der Waals surface area contributed by atoms with Gasteiger partial charge in [0.15, 0.2) is 0 Å². The maximum absolute atomic E-state index is 13.9. The molecule has 12 heteroatoms. The Bertz CT molecular complexity index is 1830. The van der Waals surface area contributed by atoms with Crippen molar-refractivity contribution in [2.45, 2.75) is 38.3 Å². The molecular weight excluding hydrogens is 580 g/mol. The Balaban J connectivity index is 0.00000316. The summed E-state index contributed by atoms with van der Waals surface area (Å²) in [4.78, 5) is 42.5. The molecule has 9 nitrogen and oxygen atoms in total. The van der Waals surface area contributed by atoms with Gasteiger partial charge < -0.3 is 19.4 Å². The predicted molar refractivity (Wildman–Crippen MR) is 164 cm³/mol. The first-order chi connectivity index (χ1) is 20.0. The van der Waals surface area contributed by atoms with Gasteiger partial charge in [-0.15, -0.1) is 12.4 Å². The second kappa shape index (κ2) is 11.4. The second-order valence-electron chi connectivity index (χ2n) is 10.8. The Morgan fingerprint density at radius 1 is 1.02 bits per heavy atom. The van der Waals surface area contributed by atoms with E-state index in [2.05, 4.69) is 19.9 Å². The van der Waals surface area contributed by atoms with Crippen LogP contribution in [0.5, 0.6) is 0 Å². The summed E-state index contributed by atoms with van der Waals surface area (Å²) in [6.45, 7) is 2.99. The van der Waals surface area contributed by atoms with Gasteiger partial charge in [0.1, 0.15) is 30.2 Å². The predicted octanol–water partition coefficient (Wildman–Crippen LogP) is 5.42. The monoisotopic (exact) mass is 609 g/mol. The molecule has 2 aliphatic heterocycles. The number of nitrogens with zero attached hydrogens (tertiary/aromatic N) is 6. The number of H-pyrrole nitrogens is 1. The number of para-hydroxylation sites is 2. The summed E-state index contributed by atoms with van der Waals surface area (Å²) in [6, 6.07) is 12.1. The zero-order valence-corrected chi connectivity index (χ0v) is 24.4. The summed E-state index contributed by atoms with van der Waals surface area (Å²) in [5.74, 6) is 0.371. The fraction of sp³-hybridized carbons (Fsp3) is 0.333. The standard InChI is InChI=1S/C30H29ClFN7O2.ClH/c31-23-15-19(32)7-8-21(23)22-16-38(29-27(22)28(33-18-34-29)37-11-3-4-12-37)17-26(40)36-13-9-20(10-14-36)39-25-6-2-1-5-24(25)35-30(39)41;/h1-2,5-8,15-16,18,20H,3-4,9-14,17H2,(H,35,41);1H. The molecule has 2 saturated heterocycles. The lowest BCUT2D eigenvalue weighted by Crippen LogP contribution is -2.41. The van der Waals surface area contributed by atoms with Gasteiger partial charge in [-0.3, -0.25) is 9.36 Å². The van der Waals surface area contributed by atoms with E-state index in [0.717, 1.165) is 53.7 Å². The molecule has 218 valence electrons. The van der Waals surface area contributed by atoms with Crippen molar-refractivity contribution in [3.63, 3.8) is 0 Å². The minimum absolute atomic E-state index is 0. The van der Waals surface area contributed by atoms with E-state index in [1.54, 1.807) is 6.07 Å². The van der Waals surface area contributed by atoms with Crippen LogP contribution >= 0.6 is 24.0 Å². The van der Waals surface area contributed by atoms with Gasteiger partial charge in [0.05, 0.1) is 21.4 Å². The molecule has 1 N–H and O–H groups in total. The maximum atomic E-state index is 13.9. The number of piperidine rings is 1. The third-order valence-electron chi connectivity index (χ3n) is 8.37. The Labute approximate surface area is 252 Å². The molecule has 0 saturated carbocycles. The number of halogens is 3.